The highest BCUT2D eigenvalue weighted by atomic mass is 32.2. The lowest BCUT2D eigenvalue weighted by atomic mass is 10.2. The normalized spacial score (nSPS) is 16.5. The summed E-state index contributed by atoms with van der Waals surface area (Å²) >= 11 is 1.78. The Labute approximate surface area is 120 Å². The van der Waals surface area contributed by atoms with Gasteiger partial charge >= 0.3 is 0 Å². The fraction of sp³-hybridized carbons (Fsp3) is 0.562. The molecule has 2 nitrogen and oxygen atoms in total. The highest BCUT2D eigenvalue weighted by molar-refractivity contribution is 8.00. The molecule has 1 aromatic carbocycles. The van der Waals surface area contributed by atoms with Crippen molar-refractivity contribution in [2.75, 3.05) is 13.1 Å². The first kappa shape index (κ1) is 14.4. The summed E-state index contributed by atoms with van der Waals surface area (Å²) < 4.78 is 0. The molecule has 104 valence electrons. The van der Waals surface area contributed by atoms with Crippen molar-refractivity contribution in [1.29, 1.82) is 0 Å². The highest BCUT2D eigenvalue weighted by Gasteiger charge is 2.20. The predicted molar refractivity (Wildman–Crippen MR) is 81.8 cm³/mol. The Morgan fingerprint density at radius 3 is 2.37 bits per heavy atom. The summed E-state index contributed by atoms with van der Waals surface area (Å²) in [4.78, 5) is 15.8. The lowest BCUT2D eigenvalue weighted by Crippen LogP contribution is -2.32. The number of carbonyl (C=O) groups is 1. The second-order valence-corrected chi connectivity index (χ2v) is 6.99. The number of amides is 1. The summed E-state index contributed by atoms with van der Waals surface area (Å²) in [6.07, 6.45) is 4.80. The number of likely N-dealkylation sites (tertiary alicyclic amines) is 1. The van der Waals surface area contributed by atoms with Crippen molar-refractivity contribution in [1.82, 2.24) is 4.90 Å². The van der Waals surface area contributed by atoms with Crippen LogP contribution in [0.4, 0.5) is 0 Å². The zero-order chi connectivity index (χ0) is 13.7. The van der Waals surface area contributed by atoms with Gasteiger partial charge in [0.1, 0.15) is 0 Å². The summed E-state index contributed by atoms with van der Waals surface area (Å²) in [5.74, 6) is 0.214. The number of benzene rings is 1. The fourth-order valence-corrected chi connectivity index (χ4v) is 3.39. The molecule has 1 aliphatic rings. The molecule has 1 heterocycles. The van der Waals surface area contributed by atoms with Crippen molar-refractivity contribution in [3.63, 3.8) is 0 Å². The number of hydrogen-bond donors (Lipinski definition) is 0. The van der Waals surface area contributed by atoms with E-state index in [2.05, 4.69) is 19.9 Å². The largest absolute Gasteiger partial charge is 0.339 e. The molecule has 0 aliphatic carbocycles. The van der Waals surface area contributed by atoms with E-state index in [1.165, 1.54) is 12.8 Å². The summed E-state index contributed by atoms with van der Waals surface area (Å²) in [7, 11) is 0. The van der Waals surface area contributed by atoms with Crippen LogP contribution in [0.25, 0.3) is 0 Å². The molecule has 1 aliphatic heterocycles. The Morgan fingerprint density at radius 2 is 1.74 bits per heavy atom. The smallest absolute Gasteiger partial charge is 0.254 e. The Morgan fingerprint density at radius 1 is 1.11 bits per heavy atom. The van der Waals surface area contributed by atoms with Crippen LogP contribution in [-0.4, -0.2) is 29.1 Å². The molecule has 0 N–H and O–H groups in total. The van der Waals surface area contributed by atoms with E-state index in [0.717, 1.165) is 36.4 Å². The summed E-state index contributed by atoms with van der Waals surface area (Å²) in [5, 5.41) is 0.498. The molecule has 1 saturated heterocycles. The third-order valence-electron chi connectivity index (χ3n) is 3.37. The molecule has 1 aromatic rings. The van der Waals surface area contributed by atoms with Gasteiger partial charge < -0.3 is 4.90 Å². The van der Waals surface area contributed by atoms with E-state index < -0.39 is 0 Å². The highest BCUT2D eigenvalue weighted by Crippen LogP contribution is 2.27. The third kappa shape index (κ3) is 4.00. The quantitative estimate of drug-likeness (QED) is 0.772. The second kappa shape index (κ2) is 6.99. The van der Waals surface area contributed by atoms with Crippen LogP contribution in [-0.2, 0) is 0 Å². The molecule has 0 bridgehead atoms. The van der Waals surface area contributed by atoms with Gasteiger partial charge in [-0.2, -0.15) is 0 Å². The van der Waals surface area contributed by atoms with Gasteiger partial charge in [-0.25, -0.2) is 0 Å². The number of nitrogens with zero attached hydrogens (tertiary/aromatic N) is 1. The van der Waals surface area contributed by atoms with Crippen LogP contribution in [0.1, 0.15) is 49.9 Å². The molecule has 2 rings (SSSR count). The number of hydrogen-bond acceptors (Lipinski definition) is 2. The Hall–Kier alpha value is -0.960. The van der Waals surface area contributed by atoms with Crippen LogP contribution in [0, 0.1) is 0 Å². The molecule has 0 aromatic heterocycles. The topological polar surface area (TPSA) is 20.3 Å². The molecule has 0 spiro atoms. The standard InChI is InChI=1S/C16H23NOS/c1-13(2)19-15-10-6-5-9-14(15)16(18)17-11-7-3-4-8-12-17/h5-6,9-10,13H,3-4,7-8,11-12H2,1-2H3. The Balaban J connectivity index is 2.17. The number of rotatable bonds is 3. The van der Waals surface area contributed by atoms with Crippen LogP contribution < -0.4 is 0 Å². The first-order valence-corrected chi connectivity index (χ1v) is 8.11. The zero-order valence-corrected chi connectivity index (χ0v) is 12.7. The molecule has 1 amide bonds. The predicted octanol–water partition coefficient (Wildman–Crippen LogP) is 4.20. The average Bonchev–Trinajstić information content (AvgIpc) is 2.67. The van der Waals surface area contributed by atoms with Gasteiger partial charge in [0.15, 0.2) is 0 Å². The number of thioether (sulfide) groups is 1. The van der Waals surface area contributed by atoms with Gasteiger partial charge in [0.05, 0.1) is 5.56 Å². The summed E-state index contributed by atoms with van der Waals surface area (Å²) in [5.41, 5.74) is 0.878. The molecule has 19 heavy (non-hydrogen) atoms. The molecule has 3 heteroatoms. The van der Waals surface area contributed by atoms with Gasteiger partial charge in [-0.3, -0.25) is 4.79 Å². The van der Waals surface area contributed by atoms with Crippen LogP contribution >= 0.6 is 11.8 Å². The molecule has 0 radical (unpaired) electrons. The van der Waals surface area contributed by atoms with Crippen molar-refractivity contribution >= 4 is 17.7 Å². The molecule has 0 unspecified atom stereocenters. The Bertz CT molecular complexity index is 423. The zero-order valence-electron chi connectivity index (χ0n) is 11.9. The third-order valence-corrected chi connectivity index (χ3v) is 4.45. The molecule has 0 saturated carbocycles. The van der Waals surface area contributed by atoms with Gasteiger partial charge in [0, 0.05) is 23.2 Å². The van der Waals surface area contributed by atoms with E-state index in [4.69, 9.17) is 0 Å². The average molecular weight is 277 g/mol. The van der Waals surface area contributed by atoms with Crippen molar-refractivity contribution in [3.05, 3.63) is 29.8 Å². The maximum absolute atomic E-state index is 12.7. The van der Waals surface area contributed by atoms with Gasteiger partial charge in [-0.1, -0.05) is 38.8 Å². The van der Waals surface area contributed by atoms with Crippen LogP contribution in [0.2, 0.25) is 0 Å². The van der Waals surface area contributed by atoms with Gasteiger partial charge in [0.2, 0.25) is 0 Å². The first-order chi connectivity index (χ1) is 9.18. The SMILES string of the molecule is CC(C)Sc1ccccc1C(=O)N1CCCCCC1. The van der Waals surface area contributed by atoms with Crippen molar-refractivity contribution in [2.45, 2.75) is 49.7 Å². The van der Waals surface area contributed by atoms with E-state index in [1.807, 2.05) is 23.1 Å². The maximum Gasteiger partial charge on any atom is 0.254 e. The number of carbonyl (C=O) groups excluding carboxylic acids is 1. The minimum absolute atomic E-state index is 0.214. The first-order valence-electron chi connectivity index (χ1n) is 7.23. The Kier molecular flexibility index (Phi) is 5.32. The lowest BCUT2D eigenvalue weighted by Gasteiger charge is -2.22. The molecular weight excluding hydrogens is 254 g/mol. The monoisotopic (exact) mass is 277 g/mol. The summed E-state index contributed by atoms with van der Waals surface area (Å²) in [6, 6.07) is 8.02. The lowest BCUT2D eigenvalue weighted by molar-refractivity contribution is 0.0758. The van der Waals surface area contributed by atoms with E-state index >= 15 is 0 Å². The van der Waals surface area contributed by atoms with E-state index in [9.17, 15) is 4.79 Å². The van der Waals surface area contributed by atoms with E-state index in [1.54, 1.807) is 11.8 Å². The molecule has 0 atom stereocenters. The van der Waals surface area contributed by atoms with Crippen LogP contribution in [0.5, 0.6) is 0 Å². The van der Waals surface area contributed by atoms with Gasteiger partial charge in [0.25, 0.3) is 5.91 Å². The molecule has 1 fully saturated rings. The summed E-state index contributed by atoms with van der Waals surface area (Å²) in [6.45, 7) is 6.16. The molecular formula is C16H23NOS. The minimum atomic E-state index is 0.214. The minimum Gasteiger partial charge on any atom is -0.339 e. The van der Waals surface area contributed by atoms with Crippen molar-refractivity contribution in [3.8, 4) is 0 Å². The van der Waals surface area contributed by atoms with E-state index in [-0.39, 0.29) is 5.91 Å². The van der Waals surface area contributed by atoms with E-state index in [0.29, 0.717) is 5.25 Å². The van der Waals surface area contributed by atoms with Crippen LogP contribution in [0.3, 0.4) is 0 Å². The fourth-order valence-electron chi connectivity index (χ4n) is 2.44. The second-order valence-electron chi connectivity index (χ2n) is 5.37. The van der Waals surface area contributed by atoms with Gasteiger partial charge in [-0.05, 0) is 25.0 Å². The van der Waals surface area contributed by atoms with Crippen LogP contribution in [0.15, 0.2) is 29.2 Å². The van der Waals surface area contributed by atoms with Crippen molar-refractivity contribution in [2.24, 2.45) is 0 Å². The van der Waals surface area contributed by atoms with Crippen molar-refractivity contribution < 1.29 is 4.79 Å². The maximum atomic E-state index is 12.7. The van der Waals surface area contributed by atoms with Gasteiger partial charge in [-0.15, -0.1) is 11.8 Å².